The maximum atomic E-state index is 13.1. The normalized spacial score (nSPS) is 15.1. The van der Waals surface area contributed by atoms with Crippen LogP contribution in [0.1, 0.15) is 23.1 Å². The van der Waals surface area contributed by atoms with Crippen LogP contribution in [0.15, 0.2) is 70.5 Å². The fraction of sp³-hybridized carbons (Fsp3) is 0.250. The number of phenolic OH excluding ortho intramolecular Hbond substituents is 1. The SMILES string of the molecule is Cc1ccc2c(c1C)N(CCCNCc1cccc(O)c1)c1ccccc1S2=O. The number of fused-ring (bicyclic) bond motifs is 2. The molecule has 1 atom stereocenters. The molecule has 0 aliphatic carbocycles. The summed E-state index contributed by atoms with van der Waals surface area (Å²) >= 11 is 0. The van der Waals surface area contributed by atoms with Gasteiger partial charge >= 0.3 is 0 Å². The quantitative estimate of drug-likeness (QED) is 0.577. The smallest absolute Gasteiger partial charge is 0.115 e. The van der Waals surface area contributed by atoms with Crippen molar-refractivity contribution in [3.63, 3.8) is 0 Å². The second-order valence-electron chi connectivity index (χ2n) is 7.44. The van der Waals surface area contributed by atoms with E-state index < -0.39 is 10.8 Å². The third-order valence-corrected chi connectivity index (χ3v) is 6.94. The van der Waals surface area contributed by atoms with Crippen LogP contribution in [0.4, 0.5) is 11.4 Å². The van der Waals surface area contributed by atoms with E-state index in [-0.39, 0.29) is 0 Å². The number of para-hydroxylation sites is 1. The number of rotatable bonds is 6. The molecule has 0 amide bonds. The van der Waals surface area contributed by atoms with E-state index in [1.165, 1.54) is 11.1 Å². The summed E-state index contributed by atoms with van der Waals surface area (Å²) in [5.41, 5.74) is 5.61. The summed E-state index contributed by atoms with van der Waals surface area (Å²) in [6, 6.07) is 19.4. The van der Waals surface area contributed by atoms with E-state index in [0.717, 1.165) is 52.8 Å². The molecule has 1 aliphatic heterocycles. The molecule has 1 unspecified atom stereocenters. The topological polar surface area (TPSA) is 52.6 Å². The average Bonchev–Trinajstić information content (AvgIpc) is 2.72. The highest BCUT2D eigenvalue weighted by Gasteiger charge is 2.29. The number of nitrogens with zero attached hydrogens (tertiary/aromatic N) is 1. The lowest BCUT2D eigenvalue weighted by Crippen LogP contribution is -2.28. The van der Waals surface area contributed by atoms with Crippen molar-refractivity contribution < 1.29 is 9.32 Å². The van der Waals surface area contributed by atoms with Crippen LogP contribution in [0, 0.1) is 13.8 Å². The molecule has 150 valence electrons. The molecule has 2 N–H and O–H groups in total. The van der Waals surface area contributed by atoms with Gasteiger partial charge in [-0.1, -0.05) is 30.3 Å². The van der Waals surface area contributed by atoms with Gasteiger partial charge in [0.2, 0.25) is 0 Å². The van der Waals surface area contributed by atoms with Crippen molar-refractivity contribution in [2.45, 2.75) is 36.6 Å². The first-order valence-electron chi connectivity index (χ1n) is 9.93. The maximum Gasteiger partial charge on any atom is 0.115 e. The predicted molar refractivity (Wildman–Crippen MR) is 118 cm³/mol. The molecular weight excluding hydrogens is 380 g/mol. The van der Waals surface area contributed by atoms with Crippen molar-refractivity contribution >= 4 is 22.2 Å². The Labute approximate surface area is 174 Å². The Bertz CT molecular complexity index is 1060. The van der Waals surface area contributed by atoms with Crippen LogP contribution >= 0.6 is 0 Å². The summed E-state index contributed by atoms with van der Waals surface area (Å²) in [6.45, 7) is 6.65. The standard InChI is InChI=1S/C24H26N2O2S/c1-17-11-12-23-24(18(17)2)26(21-9-3-4-10-22(21)29(23)28)14-6-13-25-16-19-7-5-8-20(27)15-19/h3-5,7-12,15,25,27H,6,13-14,16H2,1-2H3. The molecule has 29 heavy (non-hydrogen) atoms. The number of aromatic hydroxyl groups is 1. The van der Waals surface area contributed by atoms with E-state index in [9.17, 15) is 9.32 Å². The number of anilines is 2. The van der Waals surface area contributed by atoms with Crippen molar-refractivity contribution in [2.24, 2.45) is 0 Å². The summed E-state index contributed by atoms with van der Waals surface area (Å²) in [7, 11) is -1.15. The Morgan fingerprint density at radius 2 is 1.83 bits per heavy atom. The van der Waals surface area contributed by atoms with Crippen LogP contribution in [0.2, 0.25) is 0 Å². The highest BCUT2D eigenvalue weighted by Crippen LogP contribution is 2.44. The van der Waals surface area contributed by atoms with Crippen molar-refractivity contribution in [1.82, 2.24) is 5.32 Å². The van der Waals surface area contributed by atoms with Gasteiger partial charge in [0.15, 0.2) is 0 Å². The average molecular weight is 407 g/mol. The van der Waals surface area contributed by atoms with E-state index in [2.05, 4.69) is 36.2 Å². The van der Waals surface area contributed by atoms with Gasteiger partial charge in [-0.15, -0.1) is 0 Å². The van der Waals surface area contributed by atoms with E-state index in [0.29, 0.717) is 5.75 Å². The minimum atomic E-state index is -1.15. The van der Waals surface area contributed by atoms with Crippen LogP contribution in [0.25, 0.3) is 0 Å². The molecule has 4 rings (SSSR count). The third-order valence-electron chi connectivity index (χ3n) is 5.47. The van der Waals surface area contributed by atoms with Gasteiger partial charge in [-0.25, -0.2) is 4.21 Å². The van der Waals surface area contributed by atoms with Gasteiger partial charge in [0, 0.05) is 13.1 Å². The summed E-state index contributed by atoms with van der Waals surface area (Å²) in [5, 5.41) is 13.0. The van der Waals surface area contributed by atoms with E-state index >= 15 is 0 Å². The molecule has 0 radical (unpaired) electrons. The molecule has 0 fully saturated rings. The summed E-state index contributed by atoms with van der Waals surface area (Å²) in [6.07, 6.45) is 0.951. The number of phenols is 1. The molecule has 3 aromatic rings. The molecule has 1 heterocycles. The van der Waals surface area contributed by atoms with E-state index in [4.69, 9.17) is 0 Å². The van der Waals surface area contributed by atoms with E-state index in [1.807, 2.05) is 36.4 Å². The fourth-order valence-corrected chi connectivity index (χ4v) is 5.27. The molecule has 0 aromatic heterocycles. The van der Waals surface area contributed by atoms with Gasteiger partial charge in [0.1, 0.15) is 5.75 Å². The minimum absolute atomic E-state index is 0.296. The second-order valence-corrected chi connectivity index (χ2v) is 8.86. The van der Waals surface area contributed by atoms with Crippen molar-refractivity contribution in [3.05, 3.63) is 77.4 Å². The lowest BCUT2D eigenvalue weighted by molar-refractivity contribution is 0.474. The predicted octanol–water partition coefficient (Wildman–Crippen LogP) is 4.81. The third kappa shape index (κ3) is 3.93. The Hall–Kier alpha value is -2.63. The molecule has 0 saturated heterocycles. The Balaban J connectivity index is 1.50. The van der Waals surface area contributed by atoms with Gasteiger partial charge < -0.3 is 15.3 Å². The molecule has 0 saturated carbocycles. The summed E-state index contributed by atoms with van der Waals surface area (Å²) in [4.78, 5) is 4.11. The van der Waals surface area contributed by atoms with Gasteiger partial charge in [-0.05, 0) is 73.8 Å². The summed E-state index contributed by atoms with van der Waals surface area (Å²) in [5.74, 6) is 0.296. The first-order chi connectivity index (χ1) is 14.1. The fourth-order valence-electron chi connectivity index (χ4n) is 3.83. The molecule has 0 spiro atoms. The van der Waals surface area contributed by atoms with Gasteiger partial charge in [-0.2, -0.15) is 0 Å². The monoisotopic (exact) mass is 406 g/mol. The lowest BCUT2D eigenvalue weighted by atomic mass is 10.1. The number of hydrogen-bond acceptors (Lipinski definition) is 4. The van der Waals surface area contributed by atoms with Crippen LogP contribution in [-0.4, -0.2) is 22.4 Å². The largest absolute Gasteiger partial charge is 0.508 e. The summed E-state index contributed by atoms with van der Waals surface area (Å²) < 4.78 is 13.1. The van der Waals surface area contributed by atoms with Crippen molar-refractivity contribution in [3.8, 4) is 5.75 Å². The molecule has 0 bridgehead atoms. The van der Waals surface area contributed by atoms with Gasteiger partial charge in [-0.3, -0.25) is 0 Å². The first kappa shape index (κ1) is 19.7. The van der Waals surface area contributed by atoms with Gasteiger partial charge in [0.25, 0.3) is 0 Å². The number of benzene rings is 3. The van der Waals surface area contributed by atoms with Crippen molar-refractivity contribution in [2.75, 3.05) is 18.0 Å². The molecule has 4 nitrogen and oxygen atoms in total. The number of aryl methyl sites for hydroxylation is 1. The molecule has 1 aliphatic rings. The lowest BCUT2D eigenvalue weighted by Gasteiger charge is -2.34. The highest BCUT2D eigenvalue weighted by molar-refractivity contribution is 7.85. The minimum Gasteiger partial charge on any atom is -0.508 e. The zero-order valence-corrected chi connectivity index (χ0v) is 17.6. The van der Waals surface area contributed by atoms with Crippen LogP contribution in [0.5, 0.6) is 5.75 Å². The van der Waals surface area contributed by atoms with E-state index in [1.54, 1.807) is 12.1 Å². The molecular formula is C24H26N2O2S. The number of hydrogen-bond donors (Lipinski definition) is 2. The Morgan fingerprint density at radius 1 is 1.00 bits per heavy atom. The van der Waals surface area contributed by atoms with Crippen molar-refractivity contribution in [1.29, 1.82) is 0 Å². The van der Waals surface area contributed by atoms with Gasteiger partial charge in [0.05, 0.1) is 32.0 Å². The van der Waals surface area contributed by atoms with Crippen LogP contribution in [-0.2, 0) is 17.3 Å². The number of nitrogens with one attached hydrogen (secondary N) is 1. The molecule has 3 aromatic carbocycles. The molecule has 5 heteroatoms. The first-order valence-corrected chi connectivity index (χ1v) is 11.1. The highest BCUT2D eigenvalue weighted by atomic mass is 32.2. The van der Waals surface area contributed by atoms with Crippen LogP contribution < -0.4 is 10.2 Å². The maximum absolute atomic E-state index is 13.1. The zero-order valence-electron chi connectivity index (χ0n) is 16.8. The second kappa shape index (κ2) is 8.39. The Morgan fingerprint density at radius 3 is 2.66 bits per heavy atom. The van der Waals surface area contributed by atoms with Crippen LogP contribution in [0.3, 0.4) is 0 Å². The Kier molecular flexibility index (Phi) is 5.69. The zero-order chi connectivity index (χ0) is 20.4.